The molecule has 0 amide bonds. The minimum absolute atomic E-state index is 0.0206. The van der Waals surface area contributed by atoms with E-state index in [2.05, 4.69) is 13.8 Å². The summed E-state index contributed by atoms with van der Waals surface area (Å²) >= 11 is 0. The average Bonchev–Trinajstić information content (AvgIpc) is 3.78. The fraction of sp³-hybridized carbons (Fsp3) is 0.931. The number of fused-ring (bicyclic) bond motifs is 2. The highest BCUT2D eigenvalue weighted by molar-refractivity contribution is 5.73. The van der Waals surface area contributed by atoms with Gasteiger partial charge in [0.2, 0.25) is 0 Å². The molecule has 4 aliphatic carbocycles. The lowest BCUT2D eigenvalue weighted by atomic mass is 9.60. The van der Waals surface area contributed by atoms with Crippen molar-refractivity contribution in [2.75, 3.05) is 0 Å². The minimum atomic E-state index is 0.0206. The molecule has 0 radical (unpaired) electrons. The van der Waals surface area contributed by atoms with Crippen LogP contribution >= 0.6 is 0 Å². The van der Waals surface area contributed by atoms with Crippen LogP contribution in [0.2, 0.25) is 0 Å². The molecule has 6 nitrogen and oxygen atoms in total. The zero-order valence-corrected chi connectivity index (χ0v) is 21.6. The number of ether oxygens (including phenoxy) is 4. The largest absolute Gasteiger partial charge is 0.462 e. The topological polar surface area (TPSA) is 77.7 Å². The Morgan fingerprint density at radius 3 is 1.34 bits per heavy atom. The molecule has 35 heavy (non-hydrogen) atoms. The molecule has 6 atom stereocenters. The Bertz CT molecular complexity index is 729. The first-order chi connectivity index (χ1) is 16.9. The van der Waals surface area contributed by atoms with Crippen molar-refractivity contribution in [3.63, 3.8) is 0 Å². The Morgan fingerprint density at radius 1 is 0.571 bits per heavy atom. The predicted octanol–water partition coefficient (Wildman–Crippen LogP) is 5.35. The van der Waals surface area contributed by atoms with Gasteiger partial charge < -0.3 is 18.9 Å². The molecular formula is C29H44O6. The molecule has 196 valence electrons. The summed E-state index contributed by atoms with van der Waals surface area (Å²) in [7, 11) is 0. The second-order valence-corrected chi connectivity index (χ2v) is 13.1. The molecule has 0 spiro atoms. The number of epoxide rings is 2. The van der Waals surface area contributed by atoms with Gasteiger partial charge in [0.05, 0.1) is 36.3 Å². The molecule has 0 bridgehead atoms. The first-order valence-corrected chi connectivity index (χ1v) is 14.6. The Hall–Kier alpha value is -1.14. The van der Waals surface area contributed by atoms with Gasteiger partial charge in [0.25, 0.3) is 0 Å². The summed E-state index contributed by atoms with van der Waals surface area (Å²) in [5.41, 5.74) is 0.271. The molecule has 6 unspecified atom stereocenters. The third kappa shape index (κ3) is 5.30. The first-order valence-electron chi connectivity index (χ1n) is 14.6. The van der Waals surface area contributed by atoms with Crippen LogP contribution in [0, 0.1) is 29.1 Å². The van der Waals surface area contributed by atoms with Gasteiger partial charge in [-0.2, -0.15) is 0 Å². The van der Waals surface area contributed by atoms with E-state index >= 15 is 0 Å². The maximum atomic E-state index is 12.7. The third-order valence-electron chi connectivity index (χ3n) is 10.7. The number of hydrogen-bond donors (Lipinski definition) is 0. The third-order valence-corrected chi connectivity index (χ3v) is 10.7. The number of hydrogen-bond acceptors (Lipinski definition) is 6. The van der Waals surface area contributed by atoms with Crippen molar-refractivity contribution in [2.45, 2.75) is 140 Å². The maximum absolute atomic E-state index is 12.7. The average molecular weight is 489 g/mol. The summed E-state index contributed by atoms with van der Waals surface area (Å²) in [4.78, 5) is 25.3. The van der Waals surface area contributed by atoms with E-state index in [1.54, 1.807) is 0 Å². The standard InChI is InChI=1S/C29H44O6/c1-29(2,19-5-9-21(10-6-19)32-27(30)17-3-13-23-25(15-17)34-23)20-7-11-22(12-8-20)33-28(31)18-4-14-24-26(16-18)35-24/h17-26H,3-16H2,1-2H3. The minimum Gasteiger partial charge on any atom is -0.462 e. The molecule has 0 N–H and O–H groups in total. The fourth-order valence-electron chi connectivity index (χ4n) is 7.94. The van der Waals surface area contributed by atoms with Gasteiger partial charge in [0.15, 0.2) is 0 Å². The Morgan fingerprint density at radius 2 is 0.971 bits per heavy atom. The molecule has 6 fully saturated rings. The normalized spacial score (nSPS) is 45.0. The molecule has 6 aliphatic rings. The predicted molar refractivity (Wildman–Crippen MR) is 129 cm³/mol. The van der Waals surface area contributed by atoms with Crippen LogP contribution in [0.15, 0.2) is 0 Å². The van der Waals surface area contributed by atoms with E-state index in [0.717, 1.165) is 89.9 Å². The highest BCUT2D eigenvalue weighted by Crippen LogP contribution is 2.49. The number of esters is 2. The highest BCUT2D eigenvalue weighted by atomic mass is 16.6. The van der Waals surface area contributed by atoms with E-state index in [4.69, 9.17) is 18.9 Å². The van der Waals surface area contributed by atoms with Crippen molar-refractivity contribution in [1.82, 2.24) is 0 Å². The quantitative estimate of drug-likeness (QED) is 0.370. The van der Waals surface area contributed by atoms with Gasteiger partial charge >= 0.3 is 11.9 Å². The van der Waals surface area contributed by atoms with E-state index in [-0.39, 0.29) is 41.4 Å². The van der Waals surface area contributed by atoms with Crippen molar-refractivity contribution in [3.05, 3.63) is 0 Å². The van der Waals surface area contributed by atoms with Gasteiger partial charge in [-0.25, -0.2) is 0 Å². The van der Waals surface area contributed by atoms with Crippen molar-refractivity contribution in [3.8, 4) is 0 Å². The van der Waals surface area contributed by atoms with Crippen molar-refractivity contribution < 1.29 is 28.5 Å². The fourth-order valence-corrected chi connectivity index (χ4v) is 7.94. The van der Waals surface area contributed by atoms with Crippen molar-refractivity contribution in [2.24, 2.45) is 29.1 Å². The Labute approximate surface area is 210 Å². The molecule has 2 aliphatic heterocycles. The second kappa shape index (κ2) is 9.63. The van der Waals surface area contributed by atoms with Crippen LogP contribution in [0.1, 0.15) is 104 Å². The van der Waals surface area contributed by atoms with Crippen LogP contribution in [0.25, 0.3) is 0 Å². The first kappa shape index (κ1) is 24.2. The van der Waals surface area contributed by atoms with E-state index in [1.165, 1.54) is 0 Å². The highest BCUT2D eigenvalue weighted by Gasteiger charge is 2.48. The number of rotatable bonds is 6. The summed E-state index contributed by atoms with van der Waals surface area (Å²) in [5, 5.41) is 0. The second-order valence-electron chi connectivity index (χ2n) is 13.1. The monoisotopic (exact) mass is 488 g/mol. The van der Waals surface area contributed by atoms with Crippen LogP contribution in [-0.2, 0) is 28.5 Å². The van der Waals surface area contributed by atoms with Gasteiger partial charge in [0.1, 0.15) is 12.2 Å². The van der Waals surface area contributed by atoms with Crippen LogP contribution in [-0.4, -0.2) is 48.6 Å². The number of carbonyl (C=O) groups is 2. The lowest BCUT2D eigenvalue weighted by Gasteiger charge is -2.46. The SMILES string of the molecule is CC(C)(C1CCC(OC(=O)C2CCC3OC3C2)CC1)C1CCC(OC(=O)C2CCC3OC3C2)CC1. The smallest absolute Gasteiger partial charge is 0.309 e. The lowest BCUT2D eigenvalue weighted by Crippen LogP contribution is -2.40. The Kier molecular flexibility index (Phi) is 6.66. The van der Waals surface area contributed by atoms with Crippen molar-refractivity contribution >= 4 is 11.9 Å². The molecule has 0 aromatic carbocycles. The van der Waals surface area contributed by atoms with E-state index in [9.17, 15) is 9.59 Å². The van der Waals surface area contributed by atoms with Crippen LogP contribution < -0.4 is 0 Å². The van der Waals surface area contributed by atoms with E-state index in [1.807, 2.05) is 0 Å². The summed E-state index contributed by atoms with van der Waals surface area (Å²) in [6.45, 7) is 4.90. The van der Waals surface area contributed by atoms with Gasteiger partial charge in [-0.05, 0) is 107 Å². The molecular weight excluding hydrogens is 444 g/mol. The van der Waals surface area contributed by atoms with Crippen molar-refractivity contribution in [1.29, 1.82) is 0 Å². The summed E-state index contributed by atoms with van der Waals surface area (Å²) in [6.07, 6.45) is 15.9. The van der Waals surface area contributed by atoms with Gasteiger partial charge in [-0.1, -0.05) is 13.8 Å². The summed E-state index contributed by atoms with van der Waals surface area (Å²) < 4.78 is 23.1. The van der Waals surface area contributed by atoms with E-state index < -0.39 is 0 Å². The van der Waals surface area contributed by atoms with Gasteiger partial charge in [-0.15, -0.1) is 0 Å². The van der Waals surface area contributed by atoms with Gasteiger partial charge in [0, 0.05) is 0 Å². The molecule has 6 heteroatoms. The zero-order valence-electron chi connectivity index (χ0n) is 21.6. The molecule has 6 rings (SSSR count). The molecule has 2 heterocycles. The summed E-state index contributed by atoms with van der Waals surface area (Å²) in [5.74, 6) is 1.49. The van der Waals surface area contributed by atoms with Crippen LogP contribution in [0.5, 0.6) is 0 Å². The maximum Gasteiger partial charge on any atom is 0.309 e. The molecule has 0 aromatic heterocycles. The molecule has 2 saturated heterocycles. The van der Waals surface area contributed by atoms with Crippen LogP contribution in [0.4, 0.5) is 0 Å². The van der Waals surface area contributed by atoms with Gasteiger partial charge in [-0.3, -0.25) is 9.59 Å². The molecule has 4 saturated carbocycles. The number of carbonyl (C=O) groups excluding carboxylic acids is 2. The van der Waals surface area contributed by atoms with Crippen LogP contribution in [0.3, 0.4) is 0 Å². The molecule has 0 aromatic rings. The Balaban J connectivity index is 0.922. The lowest BCUT2D eigenvalue weighted by molar-refractivity contribution is -0.157. The van der Waals surface area contributed by atoms with E-state index in [0.29, 0.717) is 36.3 Å². The zero-order chi connectivity index (χ0) is 24.2. The summed E-state index contributed by atoms with van der Waals surface area (Å²) in [6, 6.07) is 0.